The maximum atomic E-state index is 13.1. The molecule has 1 fully saturated rings. The van der Waals surface area contributed by atoms with Crippen LogP contribution in [0.4, 0.5) is 8.78 Å². The van der Waals surface area contributed by atoms with Crippen LogP contribution < -0.4 is 5.32 Å². The zero-order chi connectivity index (χ0) is 13.1. The van der Waals surface area contributed by atoms with Gasteiger partial charge in [-0.2, -0.15) is 5.26 Å². The van der Waals surface area contributed by atoms with Gasteiger partial charge >= 0.3 is 0 Å². The Kier molecular flexibility index (Phi) is 3.63. The van der Waals surface area contributed by atoms with Gasteiger partial charge < -0.3 is 0 Å². The van der Waals surface area contributed by atoms with Crippen molar-refractivity contribution in [1.29, 1.82) is 5.26 Å². The van der Waals surface area contributed by atoms with Crippen molar-refractivity contribution < 1.29 is 8.78 Å². The molecule has 0 radical (unpaired) electrons. The number of rotatable bonds is 3. The third-order valence-electron chi connectivity index (χ3n) is 3.52. The number of nitrogens with one attached hydrogen (secondary N) is 1. The highest BCUT2D eigenvalue weighted by atomic mass is 19.3. The van der Waals surface area contributed by atoms with E-state index < -0.39 is 11.5 Å². The summed E-state index contributed by atoms with van der Waals surface area (Å²) in [5.41, 5.74) is 0.266. The average Bonchev–Trinajstić information content (AvgIpc) is 2.40. The van der Waals surface area contributed by atoms with Crippen molar-refractivity contribution in [2.75, 3.05) is 0 Å². The van der Waals surface area contributed by atoms with E-state index in [0.717, 1.165) is 5.56 Å². The van der Waals surface area contributed by atoms with E-state index in [1.165, 1.54) is 0 Å². The van der Waals surface area contributed by atoms with Gasteiger partial charge in [-0.15, -0.1) is 0 Å². The summed E-state index contributed by atoms with van der Waals surface area (Å²) in [4.78, 5) is 0. The van der Waals surface area contributed by atoms with E-state index in [9.17, 15) is 14.0 Å². The molecule has 2 rings (SSSR count). The molecule has 0 unspecified atom stereocenters. The summed E-state index contributed by atoms with van der Waals surface area (Å²) in [6.45, 7) is 0.542. The summed E-state index contributed by atoms with van der Waals surface area (Å²) in [5, 5.41) is 12.4. The van der Waals surface area contributed by atoms with Crippen molar-refractivity contribution in [1.82, 2.24) is 5.32 Å². The molecule has 0 aromatic heterocycles. The quantitative estimate of drug-likeness (QED) is 0.893. The minimum atomic E-state index is -2.60. The molecule has 1 N–H and O–H groups in total. The minimum Gasteiger partial charge on any atom is -0.295 e. The van der Waals surface area contributed by atoms with E-state index in [0.29, 0.717) is 6.54 Å². The average molecular weight is 250 g/mol. The number of alkyl halides is 2. The zero-order valence-electron chi connectivity index (χ0n) is 10.1. The number of hydrogen-bond acceptors (Lipinski definition) is 2. The molecule has 0 heterocycles. The highest BCUT2D eigenvalue weighted by Crippen LogP contribution is 2.38. The first-order valence-corrected chi connectivity index (χ1v) is 6.13. The Labute approximate surface area is 106 Å². The predicted octanol–water partition coefficient (Wildman–Crippen LogP) is 3.25. The van der Waals surface area contributed by atoms with Gasteiger partial charge in [-0.1, -0.05) is 30.3 Å². The van der Waals surface area contributed by atoms with Gasteiger partial charge in [0.1, 0.15) is 5.54 Å². The molecular weight excluding hydrogens is 234 g/mol. The molecule has 1 aliphatic carbocycles. The molecule has 1 aromatic carbocycles. The van der Waals surface area contributed by atoms with Crippen LogP contribution in [-0.4, -0.2) is 11.5 Å². The van der Waals surface area contributed by atoms with Gasteiger partial charge in [0.2, 0.25) is 5.92 Å². The van der Waals surface area contributed by atoms with Crippen molar-refractivity contribution in [2.24, 2.45) is 0 Å². The Morgan fingerprint density at radius 3 is 2.28 bits per heavy atom. The molecule has 1 aliphatic rings. The fourth-order valence-corrected chi connectivity index (χ4v) is 2.24. The van der Waals surface area contributed by atoms with E-state index in [-0.39, 0.29) is 25.7 Å². The fourth-order valence-electron chi connectivity index (χ4n) is 2.24. The van der Waals surface area contributed by atoms with Gasteiger partial charge in [-0.25, -0.2) is 8.78 Å². The van der Waals surface area contributed by atoms with Crippen molar-refractivity contribution in [3.8, 4) is 6.07 Å². The lowest BCUT2D eigenvalue weighted by atomic mass is 9.81. The highest BCUT2D eigenvalue weighted by molar-refractivity contribution is 5.17. The third-order valence-corrected chi connectivity index (χ3v) is 3.52. The van der Waals surface area contributed by atoms with Gasteiger partial charge in [-0.3, -0.25) is 5.32 Å². The molecule has 1 aromatic rings. The van der Waals surface area contributed by atoms with Crippen molar-refractivity contribution in [3.05, 3.63) is 35.9 Å². The number of halogens is 2. The zero-order valence-corrected chi connectivity index (χ0v) is 10.1. The fraction of sp³-hybridized carbons (Fsp3) is 0.500. The second-order valence-corrected chi connectivity index (χ2v) is 4.89. The van der Waals surface area contributed by atoms with E-state index in [1.54, 1.807) is 0 Å². The maximum Gasteiger partial charge on any atom is 0.248 e. The molecule has 1 saturated carbocycles. The predicted molar refractivity (Wildman–Crippen MR) is 65.0 cm³/mol. The summed E-state index contributed by atoms with van der Waals surface area (Å²) in [6, 6.07) is 11.9. The molecule has 0 amide bonds. The summed E-state index contributed by atoms with van der Waals surface area (Å²) in [7, 11) is 0. The first kappa shape index (κ1) is 13.0. The van der Waals surface area contributed by atoms with Gasteiger partial charge in [0.05, 0.1) is 6.07 Å². The van der Waals surface area contributed by atoms with Gasteiger partial charge in [0, 0.05) is 19.4 Å². The summed E-state index contributed by atoms with van der Waals surface area (Å²) in [6.07, 6.45) is 0.0113. The van der Waals surface area contributed by atoms with Gasteiger partial charge in [-0.05, 0) is 18.4 Å². The molecular formula is C14H16F2N2. The Balaban J connectivity index is 1.96. The highest BCUT2D eigenvalue weighted by Gasteiger charge is 2.43. The summed E-state index contributed by atoms with van der Waals surface area (Å²) >= 11 is 0. The van der Waals surface area contributed by atoms with Gasteiger partial charge in [0.25, 0.3) is 0 Å². The molecule has 0 saturated heterocycles. The monoisotopic (exact) mass is 250 g/mol. The molecule has 0 bridgehead atoms. The number of hydrogen-bond donors (Lipinski definition) is 1. The van der Waals surface area contributed by atoms with Crippen LogP contribution in [0.3, 0.4) is 0 Å². The molecule has 96 valence electrons. The van der Waals surface area contributed by atoms with Crippen LogP contribution in [0.25, 0.3) is 0 Å². The number of benzene rings is 1. The van der Waals surface area contributed by atoms with Gasteiger partial charge in [0.15, 0.2) is 0 Å². The normalized spacial score (nSPS) is 21.2. The lowest BCUT2D eigenvalue weighted by Crippen LogP contribution is -2.48. The summed E-state index contributed by atoms with van der Waals surface area (Å²) < 4.78 is 26.2. The van der Waals surface area contributed by atoms with Crippen LogP contribution in [0.5, 0.6) is 0 Å². The molecule has 0 aliphatic heterocycles. The summed E-state index contributed by atoms with van der Waals surface area (Å²) in [5.74, 6) is -2.60. The molecule has 2 nitrogen and oxygen atoms in total. The van der Waals surface area contributed by atoms with E-state index in [4.69, 9.17) is 0 Å². The van der Waals surface area contributed by atoms with Crippen LogP contribution in [0.1, 0.15) is 31.2 Å². The van der Waals surface area contributed by atoms with Crippen LogP contribution in [0, 0.1) is 11.3 Å². The van der Waals surface area contributed by atoms with Crippen molar-refractivity contribution in [2.45, 2.75) is 43.7 Å². The van der Waals surface area contributed by atoms with Crippen LogP contribution in [0.2, 0.25) is 0 Å². The van der Waals surface area contributed by atoms with Crippen molar-refractivity contribution >= 4 is 0 Å². The smallest absolute Gasteiger partial charge is 0.248 e. The Morgan fingerprint density at radius 1 is 1.11 bits per heavy atom. The van der Waals surface area contributed by atoms with Crippen LogP contribution in [-0.2, 0) is 6.54 Å². The SMILES string of the molecule is N#CC1(NCc2ccccc2)CCC(F)(F)CC1. The standard InChI is InChI=1S/C14H16F2N2/c15-14(16)8-6-13(11-17,7-9-14)18-10-12-4-2-1-3-5-12/h1-5,18H,6-10H2. The number of nitrogens with zero attached hydrogens (tertiary/aromatic N) is 1. The van der Waals surface area contributed by atoms with Crippen LogP contribution >= 0.6 is 0 Å². The Bertz CT molecular complexity index is 427. The number of nitriles is 1. The maximum absolute atomic E-state index is 13.1. The van der Waals surface area contributed by atoms with E-state index in [2.05, 4.69) is 11.4 Å². The topological polar surface area (TPSA) is 35.8 Å². The minimum absolute atomic E-state index is 0.206. The van der Waals surface area contributed by atoms with Crippen LogP contribution in [0.15, 0.2) is 30.3 Å². The first-order valence-electron chi connectivity index (χ1n) is 6.13. The molecule has 0 spiro atoms. The second kappa shape index (κ2) is 5.03. The second-order valence-electron chi connectivity index (χ2n) is 4.89. The first-order chi connectivity index (χ1) is 8.55. The Hall–Kier alpha value is -1.47. The molecule has 4 heteroatoms. The Morgan fingerprint density at radius 2 is 1.72 bits per heavy atom. The largest absolute Gasteiger partial charge is 0.295 e. The lowest BCUT2D eigenvalue weighted by molar-refractivity contribution is -0.0484. The lowest BCUT2D eigenvalue weighted by Gasteiger charge is -2.35. The molecule has 18 heavy (non-hydrogen) atoms. The van der Waals surface area contributed by atoms with E-state index >= 15 is 0 Å². The third kappa shape index (κ3) is 3.05. The van der Waals surface area contributed by atoms with Crippen molar-refractivity contribution in [3.63, 3.8) is 0 Å². The molecule has 0 atom stereocenters. The van der Waals surface area contributed by atoms with E-state index in [1.807, 2.05) is 30.3 Å².